The number of likely N-dealkylation sites (tertiary alicyclic amines) is 1. The van der Waals surface area contributed by atoms with Gasteiger partial charge in [-0.3, -0.25) is 19.3 Å². The molecule has 1 aliphatic heterocycles. The van der Waals surface area contributed by atoms with Crippen LogP contribution in [0.5, 0.6) is 0 Å². The van der Waals surface area contributed by atoms with E-state index in [9.17, 15) is 19.2 Å². The van der Waals surface area contributed by atoms with Crippen LogP contribution in [0.25, 0.3) is 0 Å². The van der Waals surface area contributed by atoms with Crippen LogP contribution in [0.15, 0.2) is 24.3 Å². The monoisotopic (exact) mass is 404 g/mol. The normalized spacial score (nSPS) is 29.0. The quantitative estimate of drug-likeness (QED) is 0.600. The van der Waals surface area contributed by atoms with Crippen LogP contribution in [-0.2, 0) is 23.9 Å². The van der Waals surface area contributed by atoms with Gasteiger partial charge in [0.25, 0.3) is 5.91 Å². The lowest BCUT2D eigenvalue weighted by Gasteiger charge is -2.23. The van der Waals surface area contributed by atoms with E-state index >= 15 is 0 Å². The number of carbonyl (C=O) groups excluding carboxylic acids is 4. The fourth-order valence-corrected chi connectivity index (χ4v) is 5.13. The minimum Gasteiger partial charge on any atom is -0.454 e. The molecule has 28 heavy (non-hydrogen) atoms. The minimum atomic E-state index is -1.04. The molecule has 3 amide bonds. The maximum atomic E-state index is 12.7. The lowest BCUT2D eigenvalue weighted by molar-refractivity contribution is -0.159. The van der Waals surface area contributed by atoms with Crippen molar-refractivity contribution < 1.29 is 23.9 Å². The Balaban J connectivity index is 1.34. The number of amides is 3. The number of nitrogens with zero attached hydrogens (tertiary/aromatic N) is 1. The number of imide groups is 1. The zero-order chi connectivity index (χ0) is 20.0. The van der Waals surface area contributed by atoms with Crippen LogP contribution >= 0.6 is 11.6 Å². The highest BCUT2D eigenvalue weighted by Crippen LogP contribution is 2.56. The van der Waals surface area contributed by atoms with E-state index in [0.29, 0.717) is 10.7 Å². The third-order valence-electron chi connectivity index (χ3n) is 6.14. The predicted octanol–water partition coefficient (Wildman–Crippen LogP) is 2.24. The smallest absolute Gasteiger partial charge is 0.329 e. The van der Waals surface area contributed by atoms with Crippen molar-refractivity contribution in [1.82, 2.24) is 4.90 Å². The van der Waals surface area contributed by atoms with Crippen molar-refractivity contribution in [3.63, 3.8) is 0 Å². The fourth-order valence-electron chi connectivity index (χ4n) is 4.94. The van der Waals surface area contributed by atoms with Crippen molar-refractivity contribution in [3.05, 3.63) is 29.3 Å². The molecule has 4 rings (SSSR count). The average molecular weight is 405 g/mol. The molecule has 0 radical (unpaired) electrons. The van der Waals surface area contributed by atoms with Gasteiger partial charge in [0.2, 0.25) is 11.8 Å². The van der Waals surface area contributed by atoms with Gasteiger partial charge in [-0.25, -0.2) is 4.79 Å². The zero-order valence-corrected chi connectivity index (χ0v) is 16.1. The van der Waals surface area contributed by atoms with Crippen LogP contribution in [0.1, 0.15) is 26.2 Å². The Kier molecular flexibility index (Phi) is 4.87. The van der Waals surface area contributed by atoms with Gasteiger partial charge >= 0.3 is 5.97 Å². The van der Waals surface area contributed by atoms with Crippen LogP contribution in [0, 0.1) is 23.7 Å². The van der Waals surface area contributed by atoms with Crippen molar-refractivity contribution in [1.29, 1.82) is 0 Å². The average Bonchev–Trinajstić information content (AvgIpc) is 3.33. The van der Waals surface area contributed by atoms with Gasteiger partial charge in [-0.15, -0.1) is 0 Å². The number of hydrogen-bond donors (Lipinski definition) is 1. The van der Waals surface area contributed by atoms with Crippen LogP contribution in [0.2, 0.25) is 5.02 Å². The molecule has 7 nitrogen and oxygen atoms in total. The Hall–Kier alpha value is -2.41. The molecule has 1 aromatic carbocycles. The van der Waals surface area contributed by atoms with E-state index in [4.69, 9.17) is 16.3 Å². The number of carbonyl (C=O) groups is 4. The maximum absolute atomic E-state index is 12.7. The van der Waals surface area contributed by atoms with Crippen molar-refractivity contribution >= 4 is 41.0 Å². The summed E-state index contributed by atoms with van der Waals surface area (Å²) in [5, 5.41) is 3.03. The Morgan fingerprint density at radius 1 is 1.21 bits per heavy atom. The second-order valence-corrected chi connectivity index (χ2v) is 8.21. The van der Waals surface area contributed by atoms with Crippen molar-refractivity contribution in [2.45, 2.75) is 32.2 Å². The van der Waals surface area contributed by atoms with Gasteiger partial charge in [0.1, 0.15) is 6.04 Å². The molecule has 0 unspecified atom stereocenters. The van der Waals surface area contributed by atoms with E-state index in [1.54, 1.807) is 24.3 Å². The highest BCUT2D eigenvalue weighted by Gasteiger charge is 2.62. The second-order valence-electron chi connectivity index (χ2n) is 7.77. The third kappa shape index (κ3) is 3.17. The van der Waals surface area contributed by atoms with E-state index < -0.39 is 24.5 Å². The molecule has 1 heterocycles. The Morgan fingerprint density at radius 3 is 2.46 bits per heavy atom. The Labute approximate surface area is 167 Å². The molecule has 0 spiro atoms. The van der Waals surface area contributed by atoms with Gasteiger partial charge in [-0.2, -0.15) is 0 Å². The number of fused-ring (bicyclic) bond motifs is 5. The zero-order valence-electron chi connectivity index (χ0n) is 15.4. The Morgan fingerprint density at radius 2 is 1.86 bits per heavy atom. The first kappa shape index (κ1) is 18.9. The largest absolute Gasteiger partial charge is 0.454 e. The number of hydrogen-bond acceptors (Lipinski definition) is 5. The lowest BCUT2D eigenvalue weighted by Crippen LogP contribution is -2.45. The maximum Gasteiger partial charge on any atom is 0.329 e. The van der Waals surface area contributed by atoms with Gasteiger partial charge in [-0.05, 0) is 56.2 Å². The topological polar surface area (TPSA) is 92.8 Å². The first-order valence-electron chi connectivity index (χ1n) is 9.45. The van der Waals surface area contributed by atoms with Gasteiger partial charge in [0.05, 0.1) is 11.8 Å². The van der Waals surface area contributed by atoms with Crippen LogP contribution in [0.4, 0.5) is 5.69 Å². The van der Waals surface area contributed by atoms with E-state index in [2.05, 4.69) is 5.32 Å². The summed E-state index contributed by atoms with van der Waals surface area (Å²) < 4.78 is 5.04. The van der Waals surface area contributed by atoms with Crippen molar-refractivity contribution in [2.24, 2.45) is 23.7 Å². The van der Waals surface area contributed by atoms with E-state index in [1.807, 2.05) is 0 Å². The van der Waals surface area contributed by atoms with Crippen LogP contribution < -0.4 is 5.32 Å². The van der Waals surface area contributed by atoms with E-state index in [1.165, 1.54) is 6.92 Å². The number of halogens is 1. The number of benzene rings is 1. The molecule has 1 N–H and O–H groups in total. The first-order valence-corrected chi connectivity index (χ1v) is 9.83. The first-order chi connectivity index (χ1) is 13.4. The molecule has 2 bridgehead atoms. The summed E-state index contributed by atoms with van der Waals surface area (Å²) in [4.78, 5) is 50.9. The molecule has 3 aliphatic rings. The summed E-state index contributed by atoms with van der Waals surface area (Å²) in [6.07, 6.45) is 2.88. The SMILES string of the molecule is C[C@H](C(=O)OCC(=O)Nc1cccc(Cl)c1)N1C(=O)[C@@H]2[C@@H]3CC[C@@H](C3)[C@@H]2C1=O. The molecule has 1 aromatic rings. The summed E-state index contributed by atoms with van der Waals surface area (Å²) in [6.45, 7) is 0.958. The van der Waals surface area contributed by atoms with Gasteiger partial charge in [0, 0.05) is 10.7 Å². The van der Waals surface area contributed by atoms with Crippen molar-refractivity contribution in [3.8, 4) is 0 Å². The lowest BCUT2D eigenvalue weighted by atomic mass is 9.81. The van der Waals surface area contributed by atoms with Gasteiger partial charge < -0.3 is 10.1 Å². The summed E-state index contributed by atoms with van der Waals surface area (Å²) in [5.41, 5.74) is 0.481. The van der Waals surface area contributed by atoms with Crippen LogP contribution in [0.3, 0.4) is 0 Å². The van der Waals surface area contributed by atoms with E-state index in [-0.39, 0.29) is 35.5 Å². The molecule has 148 valence electrons. The number of esters is 1. The number of ether oxygens (including phenoxy) is 1. The third-order valence-corrected chi connectivity index (χ3v) is 6.38. The molecule has 3 fully saturated rings. The number of rotatable bonds is 5. The molecule has 1 saturated heterocycles. The summed E-state index contributed by atoms with van der Waals surface area (Å²) in [6, 6.07) is 5.54. The highest BCUT2D eigenvalue weighted by molar-refractivity contribution is 6.30. The molecule has 2 aliphatic carbocycles. The van der Waals surface area contributed by atoms with Crippen LogP contribution in [-0.4, -0.2) is 41.2 Å². The van der Waals surface area contributed by atoms with Gasteiger partial charge in [0.15, 0.2) is 6.61 Å². The summed E-state index contributed by atoms with van der Waals surface area (Å²) in [7, 11) is 0. The molecular weight excluding hydrogens is 384 g/mol. The second kappa shape index (κ2) is 7.20. The molecule has 8 heteroatoms. The predicted molar refractivity (Wildman–Crippen MR) is 100 cm³/mol. The van der Waals surface area contributed by atoms with Crippen molar-refractivity contribution in [2.75, 3.05) is 11.9 Å². The summed E-state index contributed by atoms with van der Waals surface area (Å²) in [5.74, 6) is -1.90. The molecule has 0 aromatic heterocycles. The molecule has 5 atom stereocenters. The number of anilines is 1. The summed E-state index contributed by atoms with van der Waals surface area (Å²) >= 11 is 5.86. The standard InChI is InChI=1S/C20H21ClN2O5/c1-10(20(27)28-9-15(24)22-14-4-2-3-13(21)8-14)23-18(25)16-11-5-6-12(7-11)17(16)19(23)26/h2-4,8,10-12,16-17H,5-7,9H2,1H3,(H,22,24)/t10-,11-,12+,16-,17+/m1/s1. The number of nitrogens with one attached hydrogen (secondary N) is 1. The molecular formula is C20H21ClN2O5. The van der Waals surface area contributed by atoms with E-state index in [0.717, 1.165) is 24.2 Å². The Bertz CT molecular complexity index is 829. The fraction of sp³-hybridized carbons (Fsp3) is 0.500. The highest BCUT2D eigenvalue weighted by atomic mass is 35.5. The molecule has 2 saturated carbocycles. The van der Waals surface area contributed by atoms with Gasteiger partial charge in [-0.1, -0.05) is 17.7 Å². The minimum absolute atomic E-state index is 0.253.